The normalized spacial score (nSPS) is 21.3. The van der Waals surface area contributed by atoms with E-state index in [1.165, 1.54) is 64.5 Å². The number of hydrogen-bond donors (Lipinski definition) is 3. The zero-order valence-electron chi connectivity index (χ0n) is 22.2. The number of nitrogens with one attached hydrogen (secondary N) is 2. The fourth-order valence-electron chi connectivity index (χ4n) is 6.20. The van der Waals surface area contributed by atoms with Crippen molar-refractivity contribution in [3.63, 3.8) is 0 Å². The molecule has 1 aromatic carbocycles. The minimum Gasteiger partial charge on any atom is -0.493 e. The Morgan fingerprint density at radius 1 is 1.03 bits per heavy atom. The van der Waals surface area contributed by atoms with E-state index in [0.29, 0.717) is 25.7 Å². The van der Waals surface area contributed by atoms with Crippen LogP contribution in [0.25, 0.3) is 10.9 Å². The monoisotopic (exact) mass is 508 g/mol. The largest absolute Gasteiger partial charge is 0.493 e. The van der Waals surface area contributed by atoms with E-state index in [-0.39, 0.29) is 5.56 Å². The van der Waals surface area contributed by atoms with Crippen molar-refractivity contribution < 1.29 is 4.74 Å². The first-order valence-corrected chi connectivity index (χ1v) is 14.5. The van der Waals surface area contributed by atoms with E-state index in [1.54, 1.807) is 6.07 Å². The molecule has 1 atom stereocenters. The van der Waals surface area contributed by atoms with Crippen LogP contribution < -0.4 is 26.5 Å². The summed E-state index contributed by atoms with van der Waals surface area (Å²) in [5.41, 5.74) is 10.8. The van der Waals surface area contributed by atoms with E-state index in [4.69, 9.17) is 15.5 Å². The van der Waals surface area contributed by atoms with Crippen LogP contribution in [-0.2, 0) is 0 Å². The number of piperidine rings is 1. The molecule has 0 bridgehead atoms. The lowest BCUT2D eigenvalue weighted by Gasteiger charge is -2.34. The van der Waals surface area contributed by atoms with Crippen LogP contribution in [0.15, 0.2) is 34.1 Å². The first kappa shape index (κ1) is 26.0. The molecular formula is C29H44N6O2. The van der Waals surface area contributed by atoms with Gasteiger partial charge in [-0.3, -0.25) is 15.2 Å². The zero-order chi connectivity index (χ0) is 25.5. The Morgan fingerprint density at radius 2 is 1.92 bits per heavy atom. The Kier molecular flexibility index (Phi) is 9.00. The number of amidine groups is 1. The average molecular weight is 509 g/mol. The molecule has 202 valence electrons. The third kappa shape index (κ3) is 6.65. The smallest absolute Gasteiger partial charge is 0.248 e. The molecule has 0 radical (unpaired) electrons. The Bertz CT molecular complexity index is 1110. The number of ether oxygens (including phenoxy) is 1. The van der Waals surface area contributed by atoms with Gasteiger partial charge in [-0.1, -0.05) is 32.1 Å². The zero-order valence-corrected chi connectivity index (χ0v) is 22.2. The highest BCUT2D eigenvalue weighted by atomic mass is 16.5. The van der Waals surface area contributed by atoms with Crippen molar-refractivity contribution in [3.05, 3.63) is 34.6 Å². The highest BCUT2D eigenvalue weighted by Gasteiger charge is 2.29. The van der Waals surface area contributed by atoms with Crippen LogP contribution in [0.1, 0.15) is 70.6 Å². The van der Waals surface area contributed by atoms with Crippen LogP contribution in [0, 0.1) is 11.8 Å². The number of aromatic amines is 1. The van der Waals surface area contributed by atoms with Crippen LogP contribution in [0.3, 0.4) is 0 Å². The summed E-state index contributed by atoms with van der Waals surface area (Å²) in [6, 6.07) is 7.45. The van der Waals surface area contributed by atoms with Crippen molar-refractivity contribution in [2.24, 2.45) is 22.6 Å². The molecule has 3 aliphatic rings. The molecule has 1 aliphatic carbocycles. The minimum absolute atomic E-state index is 0.116. The lowest BCUT2D eigenvalue weighted by Crippen LogP contribution is -2.45. The number of H-pyrrole nitrogens is 1. The number of nitrogens with zero attached hydrogens (tertiary/aromatic N) is 3. The minimum atomic E-state index is -0.116. The second-order valence-corrected chi connectivity index (χ2v) is 11.0. The molecule has 2 fully saturated rings. The van der Waals surface area contributed by atoms with Gasteiger partial charge >= 0.3 is 0 Å². The van der Waals surface area contributed by atoms with Crippen molar-refractivity contribution >= 4 is 22.4 Å². The number of fused-ring (bicyclic) bond motifs is 1. The second kappa shape index (κ2) is 12.8. The maximum Gasteiger partial charge on any atom is 0.248 e. The molecule has 2 aliphatic heterocycles. The second-order valence-electron chi connectivity index (χ2n) is 11.0. The van der Waals surface area contributed by atoms with Gasteiger partial charge < -0.3 is 20.4 Å². The lowest BCUT2D eigenvalue weighted by molar-refractivity contribution is 0.181. The number of hydrogen-bond acceptors (Lipinski definition) is 7. The molecule has 3 heterocycles. The number of aromatic nitrogens is 1. The molecule has 1 saturated carbocycles. The van der Waals surface area contributed by atoms with E-state index in [2.05, 4.69) is 20.3 Å². The number of pyridine rings is 1. The summed E-state index contributed by atoms with van der Waals surface area (Å²) in [6.45, 7) is 5.41. The van der Waals surface area contributed by atoms with Gasteiger partial charge in [-0.2, -0.15) is 0 Å². The fourth-order valence-corrected chi connectivity index (χ4v) is 6.20. The van der Waals surface area contributed by atoms with Crippen LogP contribution >= 0.6 is 0 Å². The third-order valence-electron chi connectivity index (χ3n) is 8.33. The van der Waals surface area contributed by atoms with Crippen molar-refractivity contribution in [1.82, 2.24) is 15.3 Å². The molecule has 2 aromatic rings. The van der Waals surface area contributed by atoms with E-state index < -0.39 is 0 Å². The summed E-state index contributed by atoms with van der Waals surface area (Å²) in [5.74, 6) is 3.24. The van der Waals surface area contributed by atoms with Crippen LogP contribution in [0.4, 0.5) is 5.69 Å². The topological polar surface area (TPSA) is 99.0 Å². The molecule has 8 nitrogen and oxygen atoms in total. The van der Waals surface area contributed by atoms with Gasteiger partial charge in [0.05, 0.1) is 17.8 Å². The molecule has 1 saturated heterocycles. The first-order valence-electron chi connectivity index (χ1n) is 14.5. The van der Waals surface area contributed by atoms with Crippen molar-refractivity contribution in [2.75, 3.05) is 44.5 Å². The first-order chi connectivity index (χ1) is 18.2. The third-order valence-corrected chi connectivity index (χ3v) is 8.33. The van der Waals surface area contributed by atoms with Crippen LogP contribution in [0.5, 0.6) is 5.75 Å². The van der Waals surface area contributed by atoms with Gasteiger partial charge in [0.2, 0.25) is 5.56 Å². The van der Waals surface area contributed by atoms with E-state index in [0.717, 1.165) is 59.9 Å². The number of hydrazine groups is 1. The number of unbranched alkanes of at least 4 members (excludes halogenated alkanes) is 2. The molecule has 5 rings (SSSR count). The highest BCUT2D eigenvalue weighted by Crippen LogP contribution is 2.33. The summed E-state index contributed by atoms with van der Waals surface area (Å²) in [7, 11) is 0. The standard InChI is InChI=1S/C29H44N6O2/c30-16-5-2-6-19-37-26-13-12-25(28-24(26)11-14-27(36)32-28)35-21-31-29(33-35)23-10-7-17-34(20-23)18-15-22-8-3-1-4-9-22/h11-14,22-23H,1-10,15-21,30H2,(H,31,33)(H,32,36)/t23-/m0/s1. The highest BCUT2D eigenvalue weighted by molar-refractivity contribution is 5.97. The van der Waals surface area contributed by atoms with E-state index >= 15 is 0 Å². The van der Waals surface area contributed by atoms with Crippen molar-refractivity contribution in [2.45, 2.75) is 70.6 Å². The molecule has 8 heteroatoms. The van der Waals surface area contributed by atoms with E-state index in [9.17, 15) is 4.79 Å². The number of rotatable bonds is 11. The summed E-state index contributed by atoms with van der Waals surface area (Å²) in [5, 5.41) is 2.97. The van der Waals surface area contributed by atoms with Gasteiger partial charge in [-0.15, -0.1) is 0 Å². The van der Waals surface area contributed by atoms with Crippen LogP contribution in [0.2, 0.25) is 0 Å². The lowest BCUT2D eigenvalue weighted by atomic mass is 9.86. The predicted molar refractivity (Wildman–Crippen MR) is 151 cm³/mol. The number of anilines is 1. The molecule has 0 spiro atoms. The number of benzene rings is 1. The van der Waals surface area contributed by atoms with E-state index in [1.807, 2.05) is 18.2 Å². The number of aliphatic imine (C=N–C) groups is 1. The molecule has 37 heavy (non-hydrogen) atoms. The number of nitrogens with two attached hydrogens (primary N) is 1. The summed E-state index contributed by atoms with van der Waals surface area (Å²) in [4.78, 5) is 22.8. The summed E-state index contributed by atoms with van der Waals surface area (Å²) in [6.07, 6.45) is 13.9. The average Bonchev–Trinajstić information content (AvgIpc) is 3.42. The SMILES string of the molecule is NCCCCCOc1ccc(N2CN=C([C@H]3CCCN(CCC4CCCCC4)C3)N2)c2[nH]c(=O)ccc12. The Hall–Kier alpha value is -2.58. The predicted octanol–water partition coefficient (Wildman–Crippen LogP) is 4.40. The quantitative estimate of drug-likeness (QED) is 0.389. The van der Waals surface area contributed by atoms with Gasteiger partial charge in [0, 0.05) is 23.9 Å². The summed E-state index contributed by atoms with van der Waals surface area (Å²) < 4.78 is 6.08. The van der Waals surface area contributed by atoms with Gasteiger partial charge in [0.1, 0.15) is 18.3 Å². The summed E-state index contributed by atoms with van der Waals surface area (Å²) >= 11 is 0. The van der Waals surface area contributed by atoms with Gasteiger partial charge in [0.25, 0.3) is 0 Å². The Balaban J connectivity index is 1.21. The molecule has 1 aromatic heterocycles. The number of likely N-dealkylation sites (tertiary alicyclic amines) is 1. The Morgan fingerprint density at radius 3 is 2.78 bits per heavy atom. The Labute approximate surface area is 220 Å². The van der Waals surface area contributed by atoms with Gasteiger partial charge in [0.15, 0.2) is 0 Å². The molecule has 4 N–H and O–H groups in total. The molecule has 0 amide bonds. The maximum atomic E-state index is 12.2. The molecule has 0 unspecified atom stereocenters. The van der Waals surface area contributed by atoms with Gasteiger partial charge in [-0.25, -0.2) is 4.99 Å². The van der Waals surface area contributed by atoms with Gasteiger partial charge in [-0.05, 0) is 82.3 Å². The van der Waals surface area contributed by atoms with Crippen LogP contribution in [-0.4, -0.2) is 55.2 Å². The van der Waals surface area contributed by atoms with Crippen molar-refractivity contribution in [1.29, 1.82) is 0 Å². The maximum absolute atomic E-state index is 12.2. The molecular weight excluding hydrogens is 464 g/mol. The fraction of sp³-hybridized carbons (Fsp3) is 0.655. The van der Waals surface area contributed by atoms with Crippen molar-refractivity contribution in [3.8, 4) is 5.75 Å².